The van der Waals surface area contributed by atoms with E-state index >= 15 is 0 Å². The molecule has 2 heterocycles. The number of amides is 1. The van der Waals surface area contributed by atoms with Crippen LogP contribution in [-0.2, 0) is 0 Å². The normalized spacial score (nSPS) is 17.3. The minimum absolute atomic E-state index is 0.0139. The zero-order valence-electron chi connectivity index (χ0n) is 14.1. The van der Waals surface area contributed by atoms with Gasteiger partial charge in [-0.15, -0.1) is 10.2 Å². The van der Waals surface area contributed by atoms with Crippen molar-refractivity contribution >= 4 is 17.5 Å². The minimum atomic E-state index is -0.0139. The van der Waals surface area contributed by atoms with Crippen LogP contribution in [0.25, 0.3) is 11.5 Å². The monoisotopic (exact) mass is 367 g/mol. The summed E-state index contributed by atoms with van der Waals surface area (Å²) in [5.74, 6) is 1.14. The van der Waals surface area contributed by atoms with Crippen molar-refractivity contribution in [3.05, 3.63) is 71.1 Å². The van der Waals surface area contributed by atoms with E-state index in [2.05, 4.69) is 10.2 Å². The van der Waals surface area contributed by atoms with Crippen LogP contribution in [0.1, 0.15) is 35.0 Å². The van der Waals surface area contributed by atoms with E-state index in [1.807, 2.05) is 35.2 Å². The van der Waals surface area contributed by atoms with Crippen molar-refractivity contribution in [1.82, 2.24) is 15.1 Å². The number of hydrogen-bond donors (Lipinski definition) is 0. The molecule has 132 valence electrons. The molecule has 4 rings (SSSR count). The van der Waals surface area contributed by atoms with Gasteiger partial charge in [-0.05, 0) is 43.2 Å². The number of aromatic nitrogens is 2. The SMILES string of the molecule is O=C(c1cccc(Cl)c1)N1CCC[C@@H](c2nnc(-c3ccccc3)o2)C1. The lowest BCUT2D eigenvalue weighted by Crippen LogP contribution is -2.39. The van der Waals surface area contributed by atoms with Gasteiger partial charge in [-0.2, -0.15) is 0 Å². The number of rotatable bonds is 3. The number of likely N-dealkylation sites (tertiary alicyclic amines) is 1. The van der Waals surface area contributed by atoms with E-state index in [4.69, 9.17) is 16.0 Å². The maximum absolute atomic E-state index is 12.8. The number of piperidine rings is 1. The van der Waals surface area contributed by atoms with Crippen LogP contribution in [0.2, 0.25) is 5.02 Å². The number of hydrogen-bond acceptors (Lipinski definition) is 4. The first kappa shape index (κ1) is 16.8. The van der Waals surface area contributed by atoms with Gasteiger partial charge in [0.1, 0.15) is 0 Å². The minimum Gasteiger partial charge on any atom is -0.420 e. The van der Waals surface area contributed by atoms with Crippen LogP contribution in [0.5, 0.6) is 0 Å². The van der Waals surface area contributed by atoms with Gasteiger partial charge in [0.25, 0.3) is 5.91 Å². The van der Waals surface area contributed by atoms with Crippen LogP contribution in [0.15, 0.2) is 59.0 Å². The largest absolute Gasteiger partial charge is 0.420 e. The van der Waals surface area contributed by atoms with E-state index in [1.54, 1.807) is 24.3 Å². The highest BCUT2D eigenvalue weighted by Crippen LogP contribution is 2.29. The molecule has 1 amide bonds. The van der Waals surface area contributed by atoms with E-state index in [9.17, 15) is 4.79 Å². The van der Waals surface area contributed by atoms with Crippen molar-refractivity contribution in [1.29, 1.82) is 0 Å². The Balaban J connectivity index is 1.50. The zero-order chi connectivity index (χ0) is 17.9. The van der Waals surface area contributed by atoms with Gasteiger partial charge in [0, 0.05) is 29.2 Å². The Morgan fingerprint density at radius 2 is 1.96 bits per heavy atom. The van der Waals surface area contributed by atoms with Gasteiger partial charge >= 0.3 is 0 Å². The van der Waals surface area contributed by atoms with Crippen molar-refractivity contribution in [3.63, 3.8) is 0 Å². The third-order valence-electron chi connectivity index (χ3n) is 4.59. The second-order valence-electron chi connectivity index (χ2n) is 6.41. The third-order valence-corrected chi connectivity index (χ3v) is 4.83. The maximum atomic E-state index is 12.8. The van der Waals surface area contributed by atoms with E-state index in [0.717, 1.165) is 24.9 Å². The number of benzene rings is 2. The Labute approximate surface area is 156 Å². The Morgan fingerprint density at radius 3 is 2.77 bits per heavy atom. The first-order valence-corrected chi connectivity index (χ1v) is 9.02. The first-order chi connectivity index (χ1) is 12.7. The van der Waals surface area contributed by atoms with Crippen molar-refractivity contribution in [2.75, 3.05) is 13.1 Å². The molecule has 1 fully saturated rings. The standard InChI is InChI=1S/C20H18ClN3O2/c21-17-10-4-8-15(12-17)20(25)24-11-5-9-16(13-24)19-23-22-18(26-19)14-6-2-1-3-7-14/h1-4,6-8,10,12,16H,5,9,11,13H2/t16-/m1/s1. The molecule has 1 aliphatic rings. The molecule has 1 aromatic heterocycles. The summed E-state index contributed by atoms with van der Waals surface area (Å²) in [7, 11) is 0. The molecule has 2 aromatic carbocycles. The van der Waals surface area contributed by atoms with Gasteiger partial charge in [0.05, 0.1) is 5.92 Å². The number of halogens is 1. The average molecular weight is 368 g/mol. The second-order valence-corrected chi connectivity index (χ2v) is 6.85. The summed E-state index contributed by atoms with van der Waals surface area (Å²) in [6.45, 7) is 1.29. The smallest absolute Gasteiger partial charge is 0.253 e. The van der Waals surface area contributed by atoms with Crippen LogP contribution >= 0.6 is 11.6 Å². The fraction of sp³-hybridized carbons (Fsp3) is 0.250. The number of carbonyl (C=O) groups is 1. The highest BCUT2D eigenvalue weighted by Gasteiger charge is 2.29. The van der Waals surface area contributed by atoms with Crippen LogP contribution in [-0.4, -0.2) is 34.1 Å². The van der Waals surface area contributed by atoms with Gasteiger partial charge < -0.3 is 9.32 Å². The Kier molecular flexibility index (Phi) is 4.71. The number of nitrogens with zero attached hydrogens (tertiary/aromatic N) is 3. The molecular formula is C20H18ClN3O2. The molecule has 0 aliphatic carbocycles. The highest BCUT2D eigenvalue weighted by molar-refractivity contribution is 6.30. The summed E-state index contributed by atoms with van der Waals surface area (Å²) in [6.07, 6.45) is 1.83. The molecule has 1 atom stereocenters. The van der Waals surface area contributed by atoms with Crippen molar-refractivity contribution in [2.24, 2.45) is 0 Å². The van der Waals surface area contributed by atoms with Gasteiger partial charge in [0.15, 0.2) is 0 Å². The summed E-state index contributed by atoms with van der Waals surface area (Å²) in [5.41, 5.74) is 1.50. The van der Waals surface area contributed by atoms with Gasteiger partial charge in [-0.25, -0.2) is 0 Å². The first-order valence-electron chi connectivity index (χ1n) is 8.64. The summed E-state index contributed by atoms with van der Waals surface area (Å²) >= 11 is 6.01. The van der Waals surface area contributed by atoms with Gasteiger partial charge in [-0.1, -0.05) is 35.9 Å². The molecule has 5 nitrogen and oxygen atoms in total. The fourth-order valence-corrected chi connectivity index (χ4v) is 3.45. The molecule has 1 saturated heterocycles. The molecule has 6 heteroatoms. The van der Waals surface area contributed by atoms with Crippen molar-refractivity contribution in [3.8, 4) is 11.5 Å². The Bertz CT molecular complexity index is 910. The van der Waals surface area contributed by atoms with Gasteiger partial charge in [-0.3, -0.25) is 4.79 Å². The van der Waals surface area contributed by atoms with Crippen molar-refractivity contribution < 1.29 is 9.21 Å². The highest BCUT2D eigenvalue weighted by atomic mass is 35.5. The average Bonchev–Trinajstić information content (AvgIpc) is 3.18. The molecule has 0 saturated carbocycles. The van der Waals surface area contributed by atoms with Crippen molar-refractivity contribution in [2.45, 2.75) is 18.8 Å². The predicted molar refractivity (Wildman–Crippen MR) is 99.1 cm³/mol. The van der Waals surface area contributed by atoms with Crippen LogP contribution in [0.4, 0.5) is 0 Å². The summed E-state index contributed by atoms with van der Waals surface area (Å²) in [6, 6.07) is 16.7. The summed E-state index contributed by atoms with van der Waals surface area (Å²) in [5, 5.41) is 8.95. The second kappa shape index (κ2) is 7.30. The van der Waals surface area contributed by atoms with Gasteiger partial charge in [0.2, 0.25) is 11.8 Å². The molecule has 0 bridgehead atoms. The Morgan fingerprint density at radius 1 is 1.12 bits per heavy atom. The molecule has 0 N–H and O–H groups in total. The molecule has 0 unspecified atom stereocenters. The zero-order valence-corrected chi connectivity index (χ0v) is 14.9. The summed E-state index contributed by atoms with van der Waals surface area (Å²) < 4.78 is 5.88. The lowest BCUT2D eigenvalue weighted by molar-refractivity contribution is 0.0698. The number of carbonyl (C=O) groups excluding carboxylic acids is 1. The molecular weight excluding hydrogens is 350 g/mol. The molecule has 26 heavy (non-hydrogen) atoms. The van der Waals surface area contributed by atoms with E-state index in [1.165, 1.54) is 0 Å². The summed E-state index contributed by atoms with van der Waals surface area (Å²) in [4.78, 5) is 14.6. The molecule has 0 spiro atoms. The molecule has 1 aliphatic heterocycles. The lowest BCUT2D eigenvalue weighted by atomic mass is 9.97. The van der Waals surface area contributed by atoms with Crippen LogP contribution in [0, 0.1) is 0 Å². The fourth-order valence-electron chi connectivity index (χ4n) is 3.26. The van der Waals surface area contributed by atoms with Crippen LogP contribution in [0.3, 0.4) is 0 Å². The Hall–Kier alpha value is -2.66. The van der Waals surface area contributed by atoms with Crippen LogP contribution < -0.4 is 0 Å². The lowest BCUT2D eigenvalue weighted by Gasteiger charge is -2.31. The quantitative estimate of drug-likeness (QED) is 0.688. The van der Waals surface area contributed by atoms with E-state index in [-0.39, 0.29) is 11.8 Å². The van der Waals surface area contributed by atoms with E-state index in [0.29, 0.717) is 28.9 Å². The predicted octanol–water partition coefficient (Wildman–Crippen LogP) is 4.41. The van der Waals surface area contributed by atoms with E-state index < -0.39 is 0 Å². The topological polar surface area (TPSA) is 59.2 Å². The molecule has 3 aromatic rings. The molecule has 0 radical (unpaired) electrons. The maximum Gasteiger partial charge on any atom is 0.253 e. The third kappa shape index (κ3) is 3.48.